The molecule has 2 aromatic heterocycles. The van der Waals surface area contributed by atoms with Gasteiger partial charge >= 0.3 is 0 Å². The fourth-order valence-electron chi connectivity index (χ4n) is 1.61. The van der Waals surface area contributed by atoms with Crippen LogP contribution in [0.15, 0.2) is 17.6 Å². The van der Waals surface area contributed by atoms with Gasteiger partial charge in [0, 0.05) is 17.0 Å². The number of nitrogen functional groups attached to an aromatic ring is 1. The highest BCUT2D eigenvalue weighted by atomic mass is 32.1. The highest BCUT2D eigenvalue weighted by Crippen LogP contribution is 2.35. The third-order valence-electron chi connectivity index (χ3n) is 2.31. The number of fused-ring (bicyclic) bond motifs is 1. The third-order valence-corrected chi connectivity index (χ3v) is 3.21. The number of nitrogens with two attached hydrogens (primary N) is 1. The van der Waals surface area contributed by atoms with Gasteiger partial charge in [0.1, 0.15) is 4.83 Å². The summed E-state index contributed by atoms with van der Waals surface area (Å²) in [5, 5.41) is 3.09. The van der Waals surface area contributed by atoms with E-state index in [1.54, 1.807) is 11.3 Å². The molecule has 0 saturated heterocycles. The summed E-state index contributed by atoms with van der Waals surface area (Å²) in [4.78, 5) is 5.35. The van der Waals surface area contributed by atoms with Gasteiger partial charge < -0.3 is 5.73 Å². The molecule has 0 aliphatic carbocycles. The molecule has 0 saturated carbocycles. The predicted octanol–water partition coefficient (Wildman–Crippen LogP) is 3.18. The van der Waals surface area contributed by atoms with Crippen molar-refractivity contribution in [1.82, 2.24) is 4.98 Å². The molecular formula is C11H14N2S. The Morgan fingerprint density at radius 3 is 2.71 bits per heavy atom. The number of pyridine rings is 1. The zero-order chi connectivity index (χ0) is 10.3. The van der Waals surface area contributed by atoms with E-state index in [2.05, 4.69) is 31.8 Å². The summed E-state index contributed by atoms with van der Waals surface area (Å²) in [6.07, 6.45) is 1.86. The molecule has 2 rings (SSSR count). The second-order valence-corrected chi connectivity index (χ2v) is 5.34. The van der Waals surface area contributed by atoms with Crippen LogP contribution < -0.4 is 5.73 Å². The second-order valence-electron chi connectivity index (χ2n) is 4.48. The number of anilines is 1. The lowest BCUT2D eigenvalue weighted by Crippen LogP contribution is -2.11. The number of nitrogens with zero attached hydrogens (tertiary/aromatic N) is 1. The molecule has 2 N–H and O–H groups in total. The van der Waals surface area contributed by atoms with Crippen molar-refractivity contribution in [3.05, 3.63) is 23.2 Å². The van der Waals surface area contributed by atoms with Crippen molar-refractivity contribution in [2.75, 3.05) is 5.73 Å². The number of aromatic nitrogens is 1. The zero-order valence-corrected chi connectivity index (χ0v) is 9.48. The summed E-state index contributed by atoms with van der Waals surface area (Å²) in [5.41, 5.74) is 8.19. The molecule has 14 heavy (non-hydrogen) atoms. The van der Waals surface area contributed by atoms with Crippen LogP contribution in [-0.4, -0.2) is 4.98 Å². The lowest BCUT2D eigenvalue weighted by molar-refractivity contribution is 0.595. The van der Waals surface area contributed by atoms with Crippen LogP contribution in [0.2, 0.25) is 0 Å². The Labute approximate surface area is 87.8 Å². The van der Waals surface area contributed by atoms with Crippen molar-refractivity contribution in [2.45, 2.75) is 26.2 Å². The van der Waals surface area contributed by atoms with Crippen LogP contribution in [0.1, 0.15) is 26.3 Å². The number of hydrogen-bond acceptors (Lipinski definition) is 3. The average molecular weight is 206 g/mol. The van der Waals surface area contributed by atoms with Crippen molar-refractivity contribution >= 4 is 27.2 Å². The number of rotatable bonds is 0. The Morgan fingerprint density at radius 2 is 2.07 bits per heavy atom. The molecule has 0 radical (unpaired) electrons. The smallest absolute Gasteiger partial charge is 0.125 e. The van der Waals surface area contributed by atoms with Gasteiger partial charge in [0.2, 0.25) is 0 Å². The van der Waals surface area contributed by atoms with E-state index in [1.165, 1.54) is 5.56 Å². The molecule has 0 amide bonds. The zero-order valence-electron chi connectivity index (χ0n) is 8.66. The summed E-state index contributed by atoms with van der Waals surface area (Å²) in [6, 6.07) is 2.06. The van der Waals surface area contributed by atoms with E-state index in [-0.39, 0.29) is 5.41 Å². The van der Waals surface area contributed by atoms with Crippen LogP contribution in [-0.2, 0) is 5.41 Å². The van der Waals surface area contributed by atoms with Crippen molar-refractivity contribution in [3.63, 3.8) is 0 Å². The molecule has 0 aromatic carbocycles. The van der Waals surface area contributed by atoms with Crippen LogP contribution in [0.4, 0.5) is 5.69 Å². The maximum absolute atomic E-state index is 5.94. The van der Waals surface area contributed by atoms with Gasteiger partial charge in [-0.05, 0) is 17.0 Å². The molecular weight excluding hydrogens is 192 g/mol. The van der Waals surface area contributed by atoms with E-state index in [0.717, 1.165) is 15.9 Å². The van der Waals surface area contributed by atoms with Crippen LogP contribution in [0.25, 0.3) is 10.2 Å². The first kappa shape index (κ1) is 9.46. The Kier molecular flexibility index (Phi) is 2.00. The van der Waals surface area contributed by atoms with E-state index in [9.17, 15) is 0 Å². The van der Waals surface area contributed by atoms with Gasteiger partial charge in [-0.25, -0.2) is 4.98 Å². The fourth-order valence-corrected chi connectivity index (χ4v) is 2.44. The lowest BCUT2D eigenvalue weighted by atomic mass is 9.85. The van der Waals surface area contributed by atoms with E-state index in [1.807, 2.05) is 11.6 Å². The molecule has 3 heteroatoms. The first-order valence-corrected chi connectivity index (χ1v) is 5.50. The summed E-state index contributed by atoms with van der Waals surface area (Å²) in [5.74, 6) is 0. The van der Waals surface area contributed by atoms with Crippen molar-refractivity contribution < 1.29 is 0 Å². The van der Waals surface area contributed by atoms with Gasteiger partial charge in [-0.2, -0.15) is 0 Å². The van der Waals surface area contributed by atoms with Crippen molar-refractivity contribution in [2.24, 2.45) is 0 Å². The summed E-state index contributed by atoms with van der Waals surface area (Å²) < 4.78 is 0. The fraction of sp³-hybridized carbons (Fsp3) is 0.364. The van der Waals surface area contributed by atoms with E-state index >= 15 is 0 Å². The molecule has 0 spiro atoms. The first-order valence-electron chi connectivity index (χ1n) is 4.62. The number of thiophene rings is 1. The van der Waals surface area contributed by atoms with Crippen LogP contribution >= 0.6 is 11.3 Å². The van der Waals surface area contributed by atoms with Gasteiger partial charge in [0.05, 0.1) is 5.69 Å². The van der Waals surface area contributed by atoms with Gasteiger partial charge in [-0.1, -0.05) is 20.8 Å². The predicted molar refractivity (Wildman–Crippen MR) is 62.7 cm³/mol. The van der Waals surface area contributed by atoms with Gasteiger partial charge in [-0.15, -0.1) is 11.3 Å². The molecule has 2 nitrogen and oxygen atoms in total. The molecule has 0 aliphatic heterocycles. The quantitative estimate of drug-likeness (QED) is 0.719. The molecule has 2 aromatic rings. The van der Waals surface area contributed by atoms with Crippen molar-refractivity contribution in [1.29, 1.82) is 0 Å². The first-order chi connectivity index (χ1) is 6.50. The van der Waals surface area contributed by atoms with Crippen LogP contribution in [0.5, 0.6) is 0 Å². The standard InChI is InChI=1S/C11H14N2S/c1-11(2,3)7-4-5-13-10-9(7)8(12)6-14-10/h4-6H,12H2,1-3H3. The Balaban J connectivity index is 2.82. The maximum Gasteiger partial charge on any atom is 0.125 e. The molecule has 0 aliphatic rings. The highest BCUT2D eigenvalue weighted by molar-refractivity contribution is 7.17. The average Bonchev–Trinajstić information content (AvgIpc) is 2.46. The van der Waals surface area contributed by atoms with Crippen LogP contribution in [0.3, 0.4) is 0 Å². The minimum atomic E-state index is 0.121. The van der Waals surface area contributed by atoms with Crippen LogP contribution in [0, 0.1) is 0 Å². The summed E-state index contributed by atoms with van der Waals surface area (Å²) in [6.45, 7) is 6.58. The van der Waals surface area contributed by atoms with Gasteiger partial charge in [0.15, 0.2) is 0 Å². The maximum atomic E-state index is 5.94. The SMILES string of the molecule is CC(C)(C)c1ccnc2scc(N)c12. The third kappa shape index (κ3) is 1.38. The molecule has 74 valence electrons. The normalized spacial score (nSPS) is 12.2. The molecule has 0 unspecified atom stereocenters. The van der Waals surface area contributed by atoms with E-state index < -0.39 is 0 Å². The number of hydrogen-bond donors (Lipinski definition) is 1. The van der Waals surface area contributed by atoms with E-state index in [0.29, 0.717) is 0 Å². The molecule has 0 bridgehead atoms. The Bertz CT molecular complexity index is 466. The van der Waals surface area contributed by atoms with E-state index in [4.69, 9.17) is 5.73 Å². The minimum Gasteiger partial charge on any atom is -0.397 e. The topological polar surface area (TPSA) is 38.9 Å². The lowest BCUT2D eigenvalue weighted by Gasteiger charge is -2.20. The Hall–Kier alpha value is -1.09. The van der Waals surface area contributed by atoms with Gasteiger partial charge in [-0.3, -0.25) is 0 Å². The second kappa shape index (κ2) is 2.95. The summed E-state index contributed by atoms with van der Waals surface area (Å²) in [7, 11) is 0. The largest absolute Gasteiger partial charge is 0.397 e. The van der Waals surface area contributed by atoms with Crippen molar-refractivity contribution in [3.8, 4) is 0 Å². The Morgan fingerprint density at radius 1 is 1.36 bits per heavy atom. The molecule has 2 heterocycles. The van der Waals surface area contributed by atoms with Gasteiger partial charge in [0.25, 0.3) is 0 Å². The molecule has 0 atom stereocenters. The molecule has 0 fully saturated rings. The monoisotopic (exact) mass is 206 g/mol. The summed E-state index contributed by atoms with van der Waals surface area (Å²) >= 11 is 1.61. The highest BCUT2D eigenvalue weighted by Gasteiger charge is 2.19. The minimum absolute atomic E-state index is 0.121.